The van der Waals surface area contributed by atoms with E-state index in [1.807, 2.05) is 17.5 Å². The van der Waals surface area contributed by atoms with Crippen LogP contribution in [0.5, 0.6) is 0 Å². The van der Waals surface area contributed by atoms with Gasteiger partial charge in [0.25, 0.3) is 5.89 Å². The summed E-state index contributed by atoms with van der Waals surface area (Å²) in [6.45, 7) is 0. The Balaban J connectivity index is 1.85. The van der Waals surface area contributed by atoms with Crippen LogP contribution in [0.1, 0.15) is 10.7 Å². The topological polar surface area (TPSA) is 77.8 Å². The molecule has 3 aromatic rings. The second-order valence-electron chi connectivity index (χ2n) is 3.72. The number of nitrogens with two attached hydrogens (primary N) is 1. The fourth-order valence-corrected chi connectivity index (χ4v) is 2.27. The average molecular weight is 258 g/mol. The Labute approximate surface area is 107 Å². The maximum absolute atomic E-state index is 5.61. The Kier molecular flexibility index (Phi) is 2.77. The predicted octanol–water partition coefficient (Wildman–Crippen LogP) is 2.37. The summed E-state index contributed by atoms with van der Waals surface area (Å²) in [6.07, 6.45) is 0.670. The van der Waals surface area contributed by atoms with E-state index in [1.165, 1.54) is 4.88 Å². The second-order valence-corrected chi connectivity index (χ2v) is 4.75. The van der Waals surface area contributed by atoms with Crippen LogP contribution in [0.4, 0.5) is 5.82 Å². The summed E-state index contributed by atoms with van der Waals surface area (Å²) in [7, 11) is 0. The van der Waals surface area contributed by atoms with Crippen LogP contribution in [0.15, 0.2) is 40.2 Å². The van der Waals surface area contributed by atoms with Crippen molar-refractivity contribution in [3.8, 4) is 11.6 Å². The fourth-order valence-electron chi connectivity index (χ4n) is 1.57. The Bertz CT molecular complexity index is 648. The molecule has 3 aromatic heterocycles. The number of anilines is 1. The molecule has 90 valence electrons. The fraction of sp³-hybridized carbons (Fsp3) is 0.0833. The van der Waals surface area contributed by atoms with Crippen LogP contribution in [0.2, 0.25) is 0 Å². The van der Waals surface area contributed by atoms with E-state index in [4.69, 9.17) is 10.3 Å². The molecule has 0 aliphatic carbocycles. The van der Waals surface area contributed by atoms with Crippen molar-refractivity contribution in [3.63, 3.8) is 0 Å². The normalized spacial score (nSPS) is 10.7. The summed E-state index contributed by atoms with van der Waals surface area (Å²) in [6, 6.07) is 9.35. The van der Waals surface area contributed by atoms with Crippen LogP contribution in [-0.2, 0) is 6.42 Å². The van der Waals surface area contributed by atoms with Crippen molar-refractivity contribution >= 4 is 17.2 Å². The van der Waals surface area contributed by atoms with Crippen molar-refractivity contribution in [1.82, 2.24) is 15.1 Å². The standard InChI is InChI=1S/C12H10N4OS/c13-10-5-1-4-9(14-10)12-15-11(16-17-12)7-8-3-2-6-18-8/h1-6H,7H2,(H2,13,14). The lowest BCUT2D eigenvalue weighted by Gasteiger charge is -1.94. The van der Waals surface area contributed by atoms with Gasteiger partial charge in [0, 0.05) is 11.3 Å². The molecule has 0 amide bonds. The molecule has 0 aliphatic heterocycles. The molecular formula is C12H10N4OS. The van der Waals surface area contributed by atoms with Crippen molar-refractivity contribution in [2.24, 2.45) is 0 Å². The summed E-state index contributed by atoms with van der Waals surface area (Å²) in [5.41, 5.74) is 6.21. The number of thiophene rings is 1. The van der Waals surface area contributed by atoms with Crippen molar-refractivity contribution in [2.45, 2.75) is 6.42 Å². The van der Waals surface area contributed by atoms with Gasteiger partial charge in [0.2, 0.25) is 0 Å². The molecule has 18 heavy (non-hydrogen) atoms. The zero-order chi connectivity index (χ0) is 12.4. The highest BCUT2D eigenvalue weighted by Gasteiger charge is 2.10. The van der Waals surface area contributed by atoms with E-state index in [-0.39, 0.29) is 0 Å². The molecule has 0 unspecified atom stereocenters. The lowest BCUT2D eigenvalue weighted by atomic mass is 10.3. The van der Waals surface area contributed by atoms with Gasteiger partial charge in [-0.1, -0.05) is 17.3 Å². The third-order valence-electron chi connectivity index (χ3n) is 2.37. The molecule has 3 rings (SSSR count). The number of rotatable bonds is 3. The Hall–Kier alpha value is -2.21. The van der Waals surface area contributed by atoms with E-state index in [2.05, 4.69) is 15.1 Å². The molecule has 5 nitrogen and oxygen atoms in total. The second kappa shape index (κ2) is 4.58. The molecule has 0 atom stereocenters. The van der Waals surface area contributed by atoms with Crippen LogP contribution in [0, 0.1) is 0 Å². The van der Waals surface area contributed by atoms with E-state index in [0.717, 1.165) is 0 Å². The van der Waals surface area contributed by atoms with Gasteiger partial charge in [0.15, 0.2) is 5.82 Å². The van der Waals surface area contributed by atoms with Gasteiger partial charge in [0.05, 0.1) is 0 Å². The van der Waals surface area contributed by atoms with Gasteiger partial charge < -0.3 is 10.3 Å². The third-order valence-corrected chi connectivity index (χ3v) is 3.25. The monoisotopic (exact) mass is 258 g/mol. The van der Waals surface area contributed by atoms with E-state index >= 15 is 0 Å². The quantitative estimate of drug-likeness (QED) is 0.780. The smallest absolute Gasteiger partial charge is 0.276 e. The van der Waals surface area contributed by atoms with E-state index < -0.39 is 0 Å². The van der Waals surface area contributed by atoms with E-state index in [0.29, 0.717) is 29.6 Å². The summed E-state index contributed by atoms with van der Waals surface area (Å²) < 4.78 is 5.18. The van der Waals surface area contributed by atoms with E-state index in [9.17, 15) is 0 Å². The molecule has 0 aliphatic rings. The average Bonchev–Trinajstić information content (AvgIpc) is 3.01. The third kappa shape index (κ3) is 2.23. The number of nitrogens with zero attached hydrogens (tertiary/aromatic N) is 3. The molecule has 0 fully saturated rings. The van der Waals surface area contributed by atoms with Gasteiger partial charge in [-0.25, -0.2) is 4.98 Å². The highest BCUT2D eigenvalue weighted by atomic mass is 32.1. The van der Waals surface area contributed by atoms with Gasteiger partial charge in [-0.2, -0.15) is 4.98 Å². The van der Waals surface area contributed by atoms with Crippen molar-refractivity contribution in [3.05, 3.63) is 46.4 Å². The summed E-state index contributed by atoms with van der Waals surface area (Å²) >= 11 is 1.67. The van der Waals surface area contributed by atoms with Gasteiger partial charge in [-0.3, -0.25) is 0 Å². The first-order valence-corrected chi connectivity index (χ1v) is 6.27. The van der Waals surface area contributed by atoms with Crippen LogP contribution < -0.4 is 5.73 Å². The predicted molar refractivity (Wildman–Crippen MR) is 69.1 cm³/mol. The van der Waals surface area contributed by atoms with Crippen LogP contribution >= 0.6 is 11.3 Å². The molecule has 3 heterocycles. The number of aromatic nitrogens is 3. The van der Waals surface area contributed by atoms with Gasteiger partial charge in [0.1, 0.15) is 11.5 Å². The molecule has 0 radical (unpaired) electrons. The highest BCUT2D eigenvalue weighted by Crippen LogP contribution is 2.18. The molecular weight excluding hydrogens is 248 g/mol. The Morgan fingerprint density at radius 3 is 2.89 bits per heavy atom. The molecule has 0 bridgehead atoms. The molecule has 0 saturated heterocycles. The SMILES string of the molecule is Nc1cccc(-c2nc(Cc3cccs3)no2)n1. The Morgan fingerprint density at radius 2 is 2.11 bits per heavy atom. The van der Waals surface area contributed by atoms with Gasteiger partial charge in [-0.05, 0) is 23.6 Å². The molecule has 0 aromatic carbocycles. The highest BCUT2D eigenvalue weighted by molar-refractivity contribution is 7.09. The summed E-state index contributed by atoms with van der Waals surface area (Å²) in [5, 5.41) is 5.96. The van der Waals surface area contributed by atoms with Crippen molar-refractivity contribution < 1.29 is 4.52 Å². The molecule has 2 N–H and O–H groups in total. The van der Waals surface area contributed by atoms with Crippen molar-refractivity contribution in [1.29, 1.82) is 0 Å². The first kappa shape index (κ1) is 10.9. The number of hydrogen-bond acceptors (Lipinski definition) is 6. The van der Waals surface area contributed by atoms with E-state index in [1.54, 1.807) is 29.5 Å². The zero-order valence-corrected chi connectivity index (χ0v) is 10.2. The lowest BCUT2D eigenvalue weighted by Crippen LogP contribution is -1.92. The first-order chi connectivity index (χ1) is 8.81. The first-order valence-electron chi connectivity index (χ1n) is 5.39. The maximum Gasteiger partial charge on any atom is 0.276 e. The minimum absolute atomic E-state index is 0.397. The molecule has 0 saturated carbocycles. The Morgan fingerprint density at radius 1 is 1.17 bits per heavy atom. The lowest BCUT2D eigenvalue weighted by molar-refractivity contribution is 0.423. The van der Waals surface area contributed by atoms with Crippen LogP contribution in [0.3, 0.4) is 0 Å². The minimum atomic E-state index is 0.397. The molecule has 0 spiro atoms. The number of pyridine rings is 1. The zero-order valence-electron chi connectivity index (χ0n) is 9.41. The van der Waals surface area contributed by atoms with Gasteiger partial charge in [-0.15, -0.1) is 11.3 Å². The van der Waals surface area contributed by atoms with Crippen LogP contribution in [0.25, 0.3) is 11.6 Å². The molecule has 6 heteroatoms. The summed E-state index contributed by atoms with van der Waals surface area (Å²) in [4.78, 5) is 9.64. The van der Waals surface area contributed by atoms with Gasteiger partial charge >= 0.3 is 0 Å². The van der Waals surface area contributed by atoms with Crippen molar-refractivity contribution in [2.75, 3.05) is 5.73 Å². The minimum Gasteiger partial charge on any atom is -0.384 e. The summed E-state index contributed by atoms with van der Waals surface area (Å²) in [5.74, 6) is 1.48. The number of nitrogen functional groups attached to an aromatic ring is 1. The number of hydrogen-bond donors (Lipinski definition) is 1. The largest absolute Gasteiger partial charge is 0.384 e. The van der Waals surface area contributed by atoms with Crippen LogP contribution in [-0.4, -0.2) is 15.1 Å². The maximum atomic E-state index is 5.61.